The zero-order valence-corrected chi connectivity index (χ0v) is 19.4. The smallest absolute Gasteiger partial charge is 0.261 e. The van der Waals surface area contributed by atoms with Gasteiger partial charge in [0.15, 0.2) is 6.61 Å². The molecule has 2 aromatic carbocycles. The fourth-order valence-corrected chi connectivity index (χ4v) is 3.09. The van der Waals surface area contributed by atoms with E-state index in [0.717, 1.165) is 10.0 Å². The van der Waals surface area contributed by atoms with Crippen LogP contribution in [0.1, 0.15) is 33.3 Å². The standard InChI is InChI=1S/C22H26BrClN2O3/c1-15(21(28)25-22(2,3)4)26(13-16-7-5-6-8-19(16)24)20(27)14-29-18-11-9-17(23)10-12-18/h5-12,15H,13-14H2,1-4H3,(H,25,28). The van der Waals surface area contributed by atoms with Gasteiger partial charge in [0, 0.05) is 21.6 Å². The van der Waals surface area contributed by atoms with Gasteiger partial charge in [-0.05, 0) is 63.6 Å². The predicted octanol–water partition coefficient (Wildman–Crippen LogP) is 4.81. The van der Waals surface area contributed by atoms with Gasteiger partial charge in [-0.3, -0.25) is 9.59 Å². The SMILES string of the molecule is CC(C(=O)NC(C)(C)C)N(Cc1ccccc1Cl)C(=O)COc1ccc(Br)cc1. The summed E-state index contributed by atoms with van der Waals surface area (Å²) in [7, 11) is 0. The molecule has 0 aliphatic carbocycles. The summed E-state index contributed by atoms with van der Waals surface area (Å²) in [6.45, 7) is 7.42. The van der Waals surface area contributed by atoms with Crippen LogP contribution in [0.5, 0.6) is 5.75 Å². The minimum absolute atomic E-state index is 0.181. The van der Waals surface area contributed by atoms with Gasteiger partial charge in [0.25, 0.3) is 5.91 Å². The van der Waals surface area contributed by atoms with Crippen molar-refractivity contribution in [2.24, 2.45) is 0 Å². The van der Waals surface area contributed by atoms with Crippen LogP contribution in [0.4, 0.5) is 0 Å². The lowest BCUT2D eigenvalue weighted by molar-refractivity contribution is -0.142. The van der Waals surface area contributed by atoms with Crippen LogP contribution < -0.4 is 10.1 Å². The summed E-state index contributed by atoms with van der Waals surface area (Å²) in [6, 6.07) is 13.8. The maximum atomic E-state index is 13.0. The van der Waals surface area contributed by atoms with Gasteiger partial charge >= 0.3 is 0 Å². The Labute approximate surface area is 185 Å². The topological polar surface area (TPSA) is 58.6 Å². The molecule has 2 amide bonds. The highest BCUT2D eigenvalue weighted by molar-refractivity contribution is 9.10. The molecule has 1 unspecified atom stereocenters. The van der Waals surface area contributed by atoms with E-state index in [2.05, 4.69) is 21.2 Å². The fourth-order valence-electron chi connectivity index (χ4n) is 2.63. The zero-order chi connectivity index (χ0) is 21.6. The summed E-state index contributed by atoms with van der Waals surface area (Å²) in [5.41, 5.74) is 0.361. The number of nitrogens with one attached hydrogen (secondary N) is 1. The maximum absolute atomic E-state index is 13.0. The van der Waals surface area contributed by atoms with E-state index in [1.807, 2.05) is 51.1 Å². The molecule has 29 heavy (non-hydrogen) atoms. The van der Waals surface area contributed by atoms with Gasteiger partial charge in [-0.2, -0.15) is 0 Å². The second-order valence-corrected chi connectivity index (χ2v) is 9.09. The third-order valence-electron chi connectivity index (χ3n) is 4.14. The summed E-state index contributed by atoms with van der Waals surface area (Å²) < 4.78 is 6.55. The number of ether oxygens (including phenoxy) is 1. The molecule has 2 rings (SSSR count). The van der Waals surface area contributed by atoms with Gasteiger partial charge in [-0.15, -0.1) is 0 Å². The number of halogens is 2. The van der Waals surface area contributed by atoms with Crippen molar-refractivity contribution in [2.45, 2.75) is 45.8 Å². The summed E-state index contributed by atoms with van der Waals surface area (Å²) in [4.78, 5) is 27.2. The van der Waals surface area contributed by atoms with Gasteiger partial charge in [-0.1, -0.05) is 45.7 Å². The Kier molecular flexibility index (Phi) is 8.11. The first-order valence-electron chi connectivity index (χ1n) is 9.30. The monoisotopic (exact) mass is 480 g/mol. The molecule has 0 aromatic heterocycles. The Hall–Kier alpha value is -2.05. The maximum Gasteiger partial charge on any atom is 0.261 e. The Morgan fingerprint density at radius 2 is 1.76 bits per heavy atom. The summed E-state index contributed by atoms with van der Waals surface area (Å²) in [5.74, 6) is 0.0389. The Balaban J connectivity index is 2.18. The number of hydrogen-bond donors (Lipinski definition) is 1. The molecular weight excluding hydrogens is 456 g/mol. The first kappa shape index (κ1) is 23.2. The molecule has 7 heteroatoms. The van der Waals surface area contributed by atoms with Gasteiger partial charge in [0.05, 0.1) is 0 Å². The number of benzene rings is 2. The van der Waals surface area contributed by atoms with E-state index in [9.17, 15) is 9.59 Å². The van der Waals surface area contributed by atoms with E-state index >= 15 is 0 Å². The van der Waals surface area contributed by atoms with Gasteiger partial charge in [0.2, 0.25) is 5.91 Å². The highest BCUT2D eigenvalue weighted by atomic mass is 79.9. The lowest BCUT2D eigenvalue weighted by Gasteiger charge is -2.31. The number of amides is 2. The Bertz CT molecular complexity index is 850. The minimum Gasteiger partial charge on any atom is -0.484 e. The molecule has 2 aromatic rings. The molecular formula is C22H26BrClN2O3. The molecule has 0 fully saturated rings. The number of hydrogen-bond acceptors (Lipinski definition) is 3. The van der Waals surface area contributed by atoms with Gasteiger partial charge in [-0.25, -0.2) is 0 Å². The number of rotatable bonds is 7. The fraction of sp³-hybridized carbons (Fsp3) is 0.364. The molecule has 0 spiro atoms. The van der Waals surface area contributed by atoms with Crippen LogP contribution in [0.25, 0.3) is 0 Å². The largest absolute Gasteiger partial charge is 0.484 e. The van der Waals surface area contributed by atoms with Crippen molar-refractivity contribution in [3.63, 3.8) is 0 Å². The van der Waals surface area contributed by atoms with E-state index in [1.54, 1.807) is 25.1 Å². The van der Waals surface area contributed by atoms with E-state index in [-0.39, 0.29) is 25.0 Å². The zero-order valence-electron chi connectivity index (χ0n) is 17.0. The lowest BCUT2D eigenvalue weighted by atomic mass is 10.1. The van der Waals surface area contributed by atoms with E-state index < -0.39 is 11.6 Å². The molecule has 1 atom stereocenters. The predicted molar refractivity (Wildman–Crippen MR) is 119 cm³/mol. The van der Waals surface area contributed by atoms with E-state index in [4.69, 9.17) is 16.3 Å². The average Bonchev–Trinajstić information content (AvgIpc) is 2.65. The third-order valence-corrected chi connectivity index (χ3v) is 5.04. The first-order valence-corrected chi connectivity index (χ1v) is 10.5. The van der Waals surface area contributed by atoms with Crippen molar-refractivity contribution in [2.75, 3.05) is 6.61 Å². The van der Waals surface area contributed by atoms with Crippen molar-refractivity contribution in [3.05, 3.63) is 63.6 Å². The van der Waals surface area contributed by atoms with Crippen molar-refractivity contribution in [1.29, 1.82) is 0 Å². The normalized spacial score (nSPS) is 12.2. The van der Waals surface area contributed by atoms with Gasteiger partial charge in [0.1, 0.15) is 11.8 Å². The van der Waals surface area contributed by atoms with Crippen LogP contribution in [0, 0.1) is 0 Å². The van der Waals surface area contributed by atoms with Crippen LogP contribution in [0.2, 0.25) is 5.02 Å². The molecule has 0 radical (unpaired) electrons. The Morgan fingerprint density at radius 3 is 2.34 bits per heavy atom. The molecule has 0 aliphatic heterocycles. The second kappa shape index (κ2) is 10.1. The molecule has 156 valence electrons. The van der Waals surface area contributed by atoms with E-state index in [1.165, 1.54) is 4.90 Å². The molecule has 0 aliphatic rings. The van der Waals surface area contributed by atoms with Crippen LogP contribution in [0.3, 0.4) is 0 Å². The van der Waals surface area contributed by atoms with Crippen molar-refractivity contribution >= 4 is 39.3 Å². The summed E-state index contributed by atoms with van der Waals surface area (Å²) in [6.07, 6.45) is 0. The van der Waals surface area contributed by atoms with E-state index in [0.29, 0.717) is 10.8 Å². The average molecular weight is 482 g/mol. The van der Waals surface area contributed by atoms with Gasteiger partial charge < -0.3 is 15.0 Å². The number of carbonyl (C=O) groups is 2. The highest BCUT2D eigenvalue weighted by Crippen LogP contribution is 2.20. The van der Waals surface area contributed by atoms with Crippen molar-refractivity contribution < 1.29 is 14.3 Å². The molecule has 0 saturated heterocycles. The van der Waals surface area contributed by atoms with Crippen LogP contribution in [-0.2, 0) is 16.1 Å². The highest BCUT2D eigenvalue weighted by Gasteiger charge is 2.29. The third kappa shape index (κ3) is 7.37. The second-order valence-electron chi connectivity index (χ2n) is 7.77. The summed E-state index contributed by atoms with van der Waals surface area (Å²) in [5, 5.41) is 3.47. The summed E-state index contributed by atoms with van der Waals surface area (Å²) >= 11 is 9.64. The molecule has 1 N–H and O–H groups in total. The quantitative estimate of drug-likeness (QED) is 0.617. The van der Waals surface area contributed by atoms with Crippen LogP contribution in [0.15, 0.2) is 53.0 Å². The number of carbonyl (C=O) groups excluding carboxylic acids is 2. The lowest BCUT2D eigenvalue weighted by Crippen LogP contribution is -2.53. The molecule has 5 nitrogen and oxygen atoms in total. The van der Waals surface area contributed by atoms with Crippen LogP contribution in [-0.4, -0.2) is 34.9 Å². The van der Waals surface area contributed by atoms with Crippen LogP contribution >= 0.6 is 27.5 Å². The minimum atomic E-state index is -0.688. The first-order chi connectivity index (χ1) is 13.6. The van der Waals surface area contributed by atoms with Crippen molar-refractivity contribution in [1.82, 2.24) is 10.2 Å². The Morgan fingerprint density at radius 1 is 1.14 bits per heavy atom. The molecule has 0 bridgehead atoms. The molecule has 0 heterocycles. The molecule has 0 saturated carbocycles. The number of nitrogens with zero attached hydrogens (tertiary/aromatic N) is 1. The van der Waals surface area contributed by atoms with Crippen molar-refractivity contribution in [3.8, 4) is 5.75 Å².